The molecule has 10 heteroatoms. The second-order valence-electron chi connectivity index (χ2n) is 6.79. The molecule has 0 aliphatic carbocycles. The largest absolute Gasteiger partial charge is 0.495 e. The van der Waals surface area contributed by atoms with Crippen LogP contribution in [0.4, 0.5) is 17.3 Å². The van der Waals surface area contributed by atoms with Gasteiger partial charge in [0.05, 0.1) is 34.5 Å². The Morgan fingerprint density at radius 1 is 1.19 bits per heavy atom. The Balaban J connectivity index is 1.73. The summed E-state index contributed by atoms with van der Waals surface area (Å²) >= 11 is 0. The van der Waals surface area contributed by atoms with E-state index in [9.17, 15) is 14.9 Å². The molecule has 0 saturated heterocycles. The number of hydrogen-bond donors (Lipinski definition) is 1. The Morgan fingerprint density at radius 3 is 2.62 bits per heavy atom. The Hall–Kier alpha value is -4.60. The van der Waals surface area contributed by atoms with Gasteiger partial charge in [0.15, 0.2) is 12.1 Å². The van der Waals surface area contributed by atoms with Crippen molar-refractivity contribution in [2.45, 2.75) is 6.92 Å². The number of aryl methyl sites for hydroxylation is 1. The van der Waals surface area contributed by atoms with Crippen LogP contribution >= 0.6 is 0 Å². The fourth-order valence-electron chi connectivity index (χ4n) is 3.20. The smallest absolute Gasteiger partial charge is 0.279 e. The van der Waals surface area contributed by atoms with Crippen LogP contribution in [-0.2, 0) is 0 Å². The van der Waals surface area contributed by atoms with Gasteiger partial charge < -0.3 is 10.1 Å². The molecule has 0 aliphatic rings. The molecule has 4 aromatic rings. The molecule has 2 aromatic carbocycles. The molecule has 160 valence electrons. The summed E-state index contributed by atoms with van der Waals surface area (Å²) in [6.07, 6.45) is 3.80. The fourth-order valence-corrected chi connectivity index (χ4v) is 3.20. The van der Waals surface area contributed by atoms with E-state index in [0.29, 0.717) is 39.6 Å². The predicted octanol–water partition coefficient (Wildman–Crippen LogP) is 4.11. The minimum absolute atomic E-state index is 0.0889. The van der Waals surface area contributed by atoms with Gasteiger partial charge in [0.2, 0.25) is 5.95 Å². The second kappa shape index (κ2) is 8.64. The molecule has 0 atom stereocenters. The minimum atomic E-state index is -0.447. The molecular weight excluding hydrogens is 412 g/mol. The standard InChI is InChI=1S/C22H18N6O4/c1-14-16(13-29)12-27(26-14)21-8-9-23-22(25-21)24-18-11-19(28(30)31)17(10-20(18)32-2)15-6-4-3-5-7-15/h3-13H,1-2H3,(H,23,24,25). The summed E-state index contributed by atoms with van der Waals surface area (Å²) in [6, 6.07) is 13.7. The highest BCUT2D eigenvalue weighted by Crippen LogP contribution is 2.39. The van der Waals surface area contributed by atoms with E-state index >= 15 is 0 Å². The number of carbonyl (C=O) groups excluding carboxylic acids is 1. The van der Waals surface area contributed by atoms with Crippen LogP contribution in [0, 0.1) is 17.0 Å². The van der Waals surface area contributed by atoms with E-state index in [1.54, 1.807) is 37.4 Å². The second-order valence-corrected chi connectivity index (χ2v) is 6.79. The van der Waals surface area contributed by atoms with E-state index < -0.39 is 4.92 Å². The molecule has 2 aromatic heterocycles. The lowest BCUT2D eigenvalue weighted by Gasteiger charge is -2.13. The Bertz CT molecular complexity index is 1300. The van der Waals surface area contributed by atoms with Gasteiger partial charge in [0.1, 0.15) is 5.75 Å². The lowest BCUT2D eigenvalue weighted by Crippen LogP contribution is -2.05. The summed E-state index contributed by atoms with van der Waals surface area (Å²) in [5.41, 5.74) is 2.40. The zero-order valence-electron chi connectivity index (χ0n) is 17.2. The van der Waals surface area contributed by atoms with Crippen LogP contribution in [0.1, 0.15) is 16.1 Å². The van der Waals surface area contributed by atoms with Crippen molar-refractivity contribution >= 4 is 23.6 Å². The highest BCUT2D eigenvalue weighted by Gasteiger charge is 2.21. The van der Waals surface area contributed by atoms with Gasteiger partial charge in [-0.1, -0.05) is 30.3 Å². The molecule has 0 amide bonds. The van der Waals surface area contributed by atoms with Gasteiger partial charge in [-0.15, -0.1) is 0 Å². The van der Waals surface area contributed by atoms with Crippen molar-refractivity contribution in [1.29, 1.82) is 0 Å². The number of aldehydes is 1. The van der Waals surface area contributed by atoms with Gasteiger partial charge in [-0.25, -0.2) is 9.67 Å². The van der Waals surface area contributed by atoms with Crippen molar-refractivity contribution in [1.82, 2.24) is 19.7 Å². The van der Waals surface area contributed by atoms with E-state index in [-0.39, 0.29) is 11.6 Å². The Kier molecular flexibility index (Phi) is 5.58. The Labute approximate surface area is 182 Å². The predicted molar refractivity (Wildman–Crippen MR) is 118 cm³/mol. The van der Waals surface area contributed by atoms with Crippen molar-refractivity contribution in [3.63, 3.8) is 0 Å². The van der Waals surface area contributed by atoms with Crippen molar-refractivity contribution in [3.8, 4) is 22.7 Å². The number of methoxy groups -OCH3 is 1. The van der Waals surface area contributed by atoms with E-state index in [1.807, 2.05) is 18.2 Å². The lowest BCUT2D eigenvalue weighted by atomic mass is 10.0. The first-order valence-electron chi connectivity index (χ1n) is 9.54. The van der Waals surface area contributed by atoms with Crippen LogP contribution in [0.5, 0.6) is 5.75 Å². The molecular formula is C22H18N6O4. The molecule has 2 heterocycles. The summed E-state index contributed by atoms with van der Waals surface area (Å²) < 4.78 is 6.93. The monoisotopic (exact) mass is 430 g/mol. The van der Waals surface area contributed by atoms with Crippen LogP contribution in [0.15, 0.2) is 60.9 Å². The van der Waals surface area contributed by atoms with E-state index in [2.05, 4.69) is 20.4 Å². The summed E-state index contributed by atoms with van der Waals surface area (Å²) in [5, 5.41) is 19.0. The molecule has 0 saturated carbocycles. The zero-order chi connectivity index (χ0) is 22.7. The number of nitro benzene ring substituents is 1. The average Bonchev–Trinajstić information content (AvgIpc) is 3.20. The summed E-state index contributed by atoms with van der Waals surface area (Å²) in [5.74, 6) is 0.998. The van der Waals surface area contributed by atoms with Crippen LogP contribution < -0.4 is 10.1 Å². The minimum Gasteiger partial charge on any atom is -0.495 e. The van der Waals surface area contributed by atoms with Gasteiger partial charge in [0.25, 0.3) is 5.69 Å². The van der Waals surface area contributed by atoms with Gasteiger partial charge in [0, 0.05) is 24.5 Å². The topological polar surface area (TPSA) is 125 Å². The first-order valence-corrected chi connectivity index (χ1v) is 9.54. The van der Waals surface area contributed by atoms with Gasteiger partial charge in [-0.2, -0.15) is 10.1 Å². The van der Waals surface area contributed by atoms with E-state index in [1.165, 1.54) is 24.1 Å². The van der Waals surface area contributed by atoms with Gasteiger partial charge in [-0.3, -0.25) is 14.9 Å². The van der Waals surface area contributed by atoms with E-state index in [4.69, 9.17) is 4.74 Å². The molecule has 10 nitrogen and oxygen atoms in total. The SMILES string of the molecule is COc1cc(-c2ccccc2)c([N+](=O)[O-])cc1Nc1nccc(-n2cc(C=O)c(C)n2)n1. The highest BCUT2D eigenvalue weighted by atomic mass is 16.6. The number of nitro groups is 1. The number of anilines is 2. The molecule has 0 bridgehead atoms. The number of nitrogens with zero attached hydrogens (tertiary/aromatic N) is 5. The maximum absolute atomic E-state index is 11.8. The van der Waals surface area contributed by atoms with Crippen LogP contribution in [-0.4, -0.2) is 38.1 Å². The zero-order valence-corrected chi connectivity index (χ0v) is 17.2. The van der Waals surface area contributed by atoms with Crippen LogP contribution in [0.2, 0.25) is 0 Å². The van der Waals surface area contributed by atoms with Crippen LogP contribution in [0.25, 0.3) is 16.9 Å². The fraction of sp³-hybridized carbons (Fsp3) is 0.0909. The molecule has 0 radical (unpaired) electrons. The van der Waals surface area contributed by atoms with E-state index in [0.717, 1.165) is 6.29 Å². The number of benzene rings is 2. The number of rotatable bonds is 7. The number of hydrogen-bond acceptors (Lipinski definition) is 8. The normalized spacial score (nSPS) is 10.6. The third-order valence-electron chi connectivity index (χ3n) is 4.79. The Morgan fingerprint density at radius 2 is 1.97 bits per heavy atom. The quantitative estimate of drug-likeness (QED) is 0.264. The third-order valence-corrected chi connectivity index (χ3v) is 4.79. The average molecular weight is 430 g/mol. The first-order chi connectivity index (χ1) is 15.5. The highest BCUT2D eigenvalue weighted by molar-refractivity contribution is 5.81. The van der Waals surface area contributed by atoms with Crippen molar-refractivity contribution in [2.75, 3.05) is 12.4 Å². The summed E-state index contributed by atoms with van der Waals surface area (Å²) in [4.78, 5) is 31.0. The van der Waals surface area contributed by atoms with Gasteiger partial charge >= 0.3 is 0 Å². The number of aromatic nitrogens is 4. The molecule has 1 N–H and O–H groups in total. The van der Waals surface area contributed by atoms with Gasteiger partial charge in [-0.05, 0) is 18.6 Å². The van der Waals surface area contributed by atoms with Crippen LogP contribution in [0.3, 0.4) is 0 Å². The molecule has 0 unspecified atom stereocenters. The molecule has 0 spiro atoms. The maximum atomic E-state index is 11.8. The van der Waals surface area contributed by atoms with Crippen molar-refractivity contribution in [2.24, 2.45) is 0 Å². The molecule has 4 rings (SSSR count). The summed E-state index contributed by atoms with van der Waals surface area (Å²) in [7, 11) is 1.48. The van der Waals surface area contributed by atoms with Crippen molar-refractivity contribution in [3.05, 3.63) is 82.3 Å². The number of ether oxygens (including phenoxy) is 1. The lowest BCUT2D eigenvalue weighted by molar-refractivity contribution is -0.384. The maximum Gasteiger partial charge on any atom is 0.279 e. The number of nitrogens with one attached hydrogen (secondary N) is 1. The summed E-state index contributed by atoms with van der Waals surface area (Å²) in [6.45, 7) is 1.72. The first kappa shape index (κ1) is 20.7. The molecule has 0 aliphatic heterocycles. The number of carbonyl (C=O) groups is 1. The third kappa shape index (κ3) is 4.01. The molecule has 32 heavy (non-hydrogen) atoms. The molecule has 0 fully saturated rings. The van der Waals surface area contributed by atoms with Crippen molar-refractivity contribution < 1.29 is 14.5 Å².